The van der Waals surface area contributed by atoms with Gasteiger partial charge in [-0.05, 0) is 29.3 Å². The number of aliphatic hydroxyl groups is 1. The van der Waals surface area contributed by atoms with Crippen LogP contribution >= 0.6 is 11.6 Å². The molecule has 0 saturated carbocycles. The van der Waals surface area contributed by atoms with E-state index in [4.69, 9.17) is 21.1 Å². The van der Waals surface area contributed by atoms with Gasteiger partial charge in [-0.3, -0.25) is 0 Å². The van der Waals surface area contributed by atoms with E-state index < -0.39 is 6.10 Å². The molecule has 1 heterocycles. The zero-order valence-electron chi connectivity index (χ0n) is 11.0. The first-order chi connectivity index (χ1) is 9.69. The number of aliphatic hydroxyl groups excluding tert-OH is 1. The Kier molecular flexibility index (Phi) is 3.55. The van der Waals surface area contributed by atoms with Crippen LogP contribution in [0.4, 0.5) is 0 Å². The molecule has 0 saturated heterocycles. The number of rotatable bonds is 3. The third kappa shape index (κ3) is 2.35. The van der Waals surface area contributed by atoms with Gasteiger partial charge >= 0.3 is 0 Å². The number of fused-ring (bicyclic) bond motifs is 1. The molecule has 0 radical (unpaired) electrons. The van der Waals surface area contributed by atoms with Gasteiger partial charge in [-0.1, -0.05) is 35.9 Å². The molecule has 2 atom stereocenters. The van der Waals surface area contributed by atoms with E-state index in [1.165, 1.54) is 0 Å². The Bertz CT molecular complexity index is 602. The molecule has 0 aliphatic carbocycles. The molecule has 1 aliphatic rings. The first-order valence-corrected chi connectivity index (χ1v) is 6.83. The fourth-order valence-corrected chi connectivity index (χ4v) is 2.73. The van der Waals surface area contributed by atoms with Crippen LogP contribution in [0.5, 0.6) is 11.5 Å². The Morgan fingerprint density at radius 1 is 1.30 bits per heavy atom. The quantitative estimate of drug-likeness (QED) is 0.942. The molecule has 1 N–H and O–H groups in total. The lowest BCUT2D eigenvalue weighted by atomic mass is 10.0. The molecule has 4 heteroatoms. The summed E-state index contributed by atoms with van der Waals surface area (Å²) in [4.78, 5) is 0. The number of ether oxygens (including phenoxy) is 2. The largest absolute Gasteiger partial charge is 0.495 e. The van der Waals surface area contributed by atoms with Crippen molar-refractivity contribution in [2.24, 2.45) is 0 Å². The average molecular weight is 291 g/mol. The molecule has 1 aliphatic heterocycles. The highest BCUT2D eigenvalue weighted by atomic mass is 35.5. The van der Waals surface area contributed by atoms with E-state index >= 15 is 0 Å². The van der Waals surface area contributed by atoms with Gasteiger partial charge in [-0.25, -0.2) is 0 Å². The van der Waals surface area contributed by atoms with Crippen LogP contribution in [0, 0.1) is 0 Å². The van der Waals surface area contributed by atoms with Gasteiger partial charge in [0.25, 0.3) is 0 Å². The van der Waals surface area contributed by atoms with Gasteiger partial charge in [0, 0.05) is 6.42 Å². The summed E-state index contributed by atoms with van der Waals surface area (Å²) in [5.74, 6) is 1.44. The molecular formula is C16H15ClO3. The number of hydrogen-bond donors (Lipinski definition) is 1. The van der Waals surface area contributed by atoms with E-state index in [9.17, 15) is 5.11 Å². The molecule has 2 unspecified atom stereocenters. The highest BCUT2D eigenvalue weighted by Crippen LogP contribution is 2.35. The van der Waals surface area contributed by atoms with Gasteiger partial charge in [-0.15, -0.1) is 0 Å². The highest BCUT2D eigenvalue weighted by molar-refractivity contribution is 6.32. The minimum Gasteiger partial charge on any atom is -0.495 e. The first-order valence-electron chi connectivity index (χ1n) is 6.45. The van der Waals surface area contributed by atoms with Gasteiger partial charge in [-0.2, -0.15) is 0 Å². The molecule has 20 heavy (non-hydrogen) atoms. The fourth-order valence-electron chi connectivity index (χ4n) is 2.47. The number of halogens is 1. The Balaban J connectivity index is 1.81. The zero-order chi connectivity index (χ0) is 14.1. The Hall–Kier alpha value is -1.71. The zero-order valence-corrected chi connectivity index (χ0v) is 11.8. The maximum atomic E-state index is 10.5. The molecule has 0 aromatic heterocycles. The molecule has 0 spiro atoms. The standard InChI is InChI=1S/C16H15ClO3/c1-19-14-7-6-11(8-12(14)17)16(18)15-9-10-4-2-3-5-13(10)20-15/h2-8,15-16,18H,9H2,1H3. The van der Waals surface area contributed by atoms with Crippen LogP contribution in [0.15, 0.2) is 42.5 Å². The molecule has 3 nitrogen and oxygen atoms in total. The van der Waals surface area contributed by atoms with Crippen molar-refractivity contribution >= 4 is 11.6 Å². The summed E-state index contributed by atoms with van der Waals surface area (Å²) in [5.41, 5.74) is 1.85. The maximum absolute atomic E-state index is 10.5. The monoisotopic (exact) mass is 290 g/mol. The smallest absolute Gasteiger partial charge is 0.137 e. The maximum Gasteiger partial charge on any atom is 0.137 e. The van der Waals surface area contributed by atoms with Crippen LogP contribution in [-0.4, -0.2) is 18.3 Å². The molecular weight excluding hydrogens is 276 g/mol. The predicted molar refractivity (Wildman–Crippen MR) is 77.5 cm³/mol. The summed E-state index contributed by atoms with van der Waals surface area (Å²) in [6, 6.07) is 13.1. The van der Waals surface area contributed by atoms with Crippen molar-refractivity contribution in [3.63, 3.8) is 0 Å². The summed E-state index contributed by atoms with van der Waals surface area (Å²) in [7, 11) is 1.56. The summed E-state index contributed by atoms with van der Waals surface area (Å²) in [5, 5.41) is 10.9. The molecule has 0 amide bonds. The lowest BCUT2D eigenvalue weighted by molar-refractivity contribution is 0.0492. The second-order valence-corrected chi connectivity index (χ2v) is 5.21. The minimum atomic E-state index is -0.717. The second-order valence-electron chi connectivity index (χ2n) is 4.81. The minimum absolute atomic E-state index is 0.281. The predicted octanol–water partition coefficient (Wildman–Crippen LogP) is 3.39. The van der Waals surface area contributed by atoms with Crippen molar-refractivity contribution in [1.82, 2.24) is 0 Å². The van der Waals surface area contributed by atoms with Crippen LogP contribution in [0.3, 0.4) is 0 Å². The number of benzene rings is 2. The number of methoxy groups -OCH3 is 1. The number of hydrogen-bond acceptors (Lipinski definition) is 3. The average Bonchev–Trinajstić information content (AvgIpc) is 2.90. The Morgan fingerprint density at radius 2 is 2.10 bits per heavy atom. The van der Waals surface area contributed by atoms with Crippen molar-refractivity contribution in [2.75, 3.05) is 7.11 Å². The topological polar surface area (TPSA) is 38.7 Å². The van der Waals surface area contributed by atoms with Crippen LogP contribution < -0.4 is 9.47 Å². The molecule has 3 rings (SSSR count). The second kappa shape index (κ2) is 5.35. The third-order valence-electron chi connectivity index (χ3n) is 3.54. The van der Waals surface area contributed by atoms with E-state index in [1.807, 2.05) is 30.3 Å². The molecule has 104 valence electrons. The molecule has 2 aromatic rings. The van der Waals surface area contributed by atoms with Crippen molar-refractivity contribution < 1.29 is 14.6 Å². The third-order valence-corrected chi connectivity index (χ3v) is 3.84. The van der Waals surface area contributed by atoms with Crippen molar-refractivity contribution in [3.05, 3.63) is 58.6 Å². The Labute approximate surface area is 122 Å². The Morgan fingerprint density at radius 3 is 2.80 bits per heavy atom. The summed E-state index contributed by atoms with van der Waals surface area (Å²) >= 11 is 6.09. The molecule has 0 fully saturated rings. The van der Waals surface area contributed by atoms with E-state index in [0.717, 1.165) is 16.9 Å². The van der Waals surface area contributed by atoms with E-state index in [1.54, 1.807) is 19.2 Å². The summed E-state index contributed by atoms with van der Waals surface area (Å²) < 4.78 is 10.9. The normalized spacial score (nSPS) is 18.2. The van der Waals surface area contributed by atoms with E-state index in [0.29, 0.717) is 17.2 Å². The SMILES string of the molecule is COc1ccc(C(O)C2Cc3ccccc3O2)cc1Cl. The number of para-hydroxylation sites is 1. The van der Waals surface area contributed by atoms with Gasteiger partial charge in [0.15, 0.2) is 0 Å². The van der Waals surface area contributed by atoms with Crippen LogP contribution in [0.25, 0.3) is 0 Å². The van der Waals surface area contributed by atoms with Gasteiger partial charge in [0.05, 0.1) is 12.1 Å². The van der Waals surface area contributed by atoms with Crippen LogP contribution in [0.2, 0.25) is 5.02 Å². The first kappa shape index (κ1) is 13.3. The van der Waals surface area contributed by atoms with E-state index in [-0.39, 0.29) is 6.10 Å². The van der Waals surface area contributed by atoms with Gasteiger partial charge < -0.3 is 14.6 Å². The fraction of sp³-hybridized carbons (Fsp3) is 0.250. The van der Waals surface area contributed by atoms with Crippen LogP contribution in [0.1, 0.15) is 17.2 Å². The van der Waals surface area contributed by atoms with Crippen molar-refractivity contribution in [3.8, 4) is 11.5 Å². The molecule has 2 aromatic carbocycles. The summed E-state index contributed by atoms with van der Waals surface area (Å²) in [6.07, 6.45) is -0.302. The lowest BCUT2D eigenvalue weighted by Gasteiger charge is -2.19. The summed E-state index contributed by atoms with van der Waals surface area (Å²) in [6.45, 7) is 0. The van der Waals surface area contributed by atoms with Crippen LogP contribution in [-0.2, 0) is 6.42 Å². The molecule has 0 bridgehead atoms. The lowest BCUT2D eigenvalue weighted by Crippen LogP contribution is -2.23. The van der Waals surface area contributed by atoms with Crippen molar-refractivity contribution in [1.29, 1.82) is 0 Å². The van der Waals surface area contributed by atoms with Gasteiger partial charge in [0.2, 0.25) is 0 Å². The van der Waals surface area contributed by atoms with Crippen molar-refractivity contribution in [2.45, 2.75) is 18.6 Å². The van der Waals surface area contributed by atoms with Gasteiger partial charge in [0.1, 0.15) is 23.7 Å². The highest BCUT2D eigenvalue weighted by Gasteiger charge is 2.30. The van der Waals surface area contributed by atoms with E-state index in [2.05, 4.69) is 0 Å².